The SMILES string of the molecule is COc1cc2nc(N(CCCN(C)C)C(=O)c3ccc(C)c(C)c3)sc2cc1OC. The molecule has 0 saturated heterocycles. The average molecular weight is 428 g/mol. The number of thiazole rings is 1. The normalized spacial score (nSPS) is 11.2. The maximum atomic E-state index is 13.4. The summed E-state index contributed by atoms with van der Waals surface area (Å²) in [6, 6.07) is 9.61. The predicted octanol–water partition coefficient (Wildman–Crippen LogP) is 4.53. The van der Waals surface area contributed by atoms with Crippen LogP contribution in [0.15, 0.2) is 30.3 Å². The molecule has 3 rings (SSSR count). The number of carbonyl (C=O) groups is 1. The molecule has 2 aromatic carbocycles. The Balaban J connectivity index is 2.00. The molecule has 160 valence electrons. The summed E-state index contributed by atoms with van der Waals surface area (Å²) in [5, 5.41) is 0.683. The number of hydrogen-bond acceptors (Lipinski definition) is 6. The van der Waals surface area contributed by atoms with Crippen LogP contribution in [0.3, 0.4) is 0 Å². The Morgan fingerprint density at radius 2 is 1.70 bits per heavy atom. The Bertz CT molecular complexity index is 1000. The third-order valence-electron chi connectivity index (χ3n) is 5.10. The minimum absolute atomic E-state index is 0.0326. The Kier molecular flexibility index (Phi) is 6.95. The maximum Gasteiger partial charge on any atom is 0.260 e. The monoisotopic (exact) mass is 427 g/mol. The molecule has 1 amide bonds. The quantitative estimate of drug-likeness (QED) is 0.529. The number of aromatic nitrogens is 1. The van der Waals surface area contributed by atoms with E-state index in [0.29, 0.717) is 28.7 Å². The Morgan fingerprint density at radius 1 is 1.00 bits per heavy atom. The summed E-state index contributed by atoms with van der Waals surface area (Å²) in [7, 11) is 7.29. The lowest BCUT2D eigenvalue weighted by molar-refractivity contribution is 0.0986. The topological polar surface area (TPSA) is 54.9 Å². The van der Waals surface area contributed by atoms with E-state index in [1.54, 1.807) is 19.1 Å². The fraction of sp³-hybridized carbons (Fsp3) is 0.391. The highest BCUT2D eigenvalue weighted by Gasteiger charge is 2.22. The number of ether oxygens (including phenoxy) is 2. The predicted molar refractivity (Wildman–Crippen MR) is 123 cm³/mol. The number of aryl methyl sites for hydroxylation is 2. The standard InChI is InChI=1S/C23H29N3O3S/c1-15-8-9-17(12-16(15)2)22(27)26(11-7-10-25(3)4)23-24-18-13-19(28-5)20(29-6)14-21(18)30-23/h8-9,12-14H,7,10-11H2,1-6H3. The maximum absolute atomic E-state index is 13.4. The van der Waals surface area contributed by atoms with Crippen molar-refractivity contribution in [2.45, 2.75) is 20.3 Å². The van der Waals surface area contributed by atoms with Crippen molar-refractivity contribution in [2.75, 3.05) is 46.3 Å². The molecule has 6 nitrogen and oxygen atoms in total. The summed E-state index contributed by atoms with van der Waals surface area (Å²) in [4.78, 5) is 22.1. The van der Waals surface area contributed by atoms with E-state index in [1.165, 1.54) is 16.9 Å². The molecule has 0 N–H and O–H groups in total. The Morgan fingerprint density at radius 3 is 2.33 bits per heavy atom. The van der Waals surface area contributed by atoms with Gasteiger partial charge in [0.15, 0.2) is 16.6 Å². The largest absolute Gasteiger partial charge is 0.493 e. The second-order valence-corrected chi connectivity index (χ2v) is 8.59. The minimum atomic E-state index is -0.0326. The molecule has 7 heteroatoms. The fourth-order valence-electron chi connectivity index (χ4n) is 3.22. The highest BCUT2D eigenvalue weighted by molar-refractivity contribution is 7.22. The molecule has 1 heterocycles. The van der Waals surface area contributed by atoms with Crippen LogP contribution < -0.4 is 14.4 Å². The van der Waals surface area contributed by atoms with Crippen molar-refractivity contribution >= 4 is 32.6 Å². The first-order valence-corrected chi connectivity index (χ1v) is 10.7. The number of anilines is 1. The second-order valence-electron chi connectivity index (χ2n) is 7.58. The van der Waals surface area contributed by atoms with Crippen LogP contribution in [-0.2, 0) is 0 Å². The Labute approximate surface area is 182 Å². The van der Waals surface area contributed by atoms with Gasteiger partial charge < -0.3 is 14.4 Å². The van der Waals surface area contributed by atoms with Gasteiger partial charge in [-0.2, -0.15) is 0 Å². The van der Waals surface area contributed by atoms with Crippen LogP contribution in [0.25, 0.3) is 10.2 Å². The zero-order chi connectivity index (χ0) is 21.8. The average Bonchev–Trinajstić information content (AvgIpc) is 3.13. The van der Waals surface area contributed by atoms with Crippen molar-refractivity contribution in [3.05, 3.63) is 47.0 Å². The second kappa shape index (κ2) is 9.45. The van der Waals surface area contributed by atoms with Crippen molar-refractivity contribution < 1.29 is 14.3 Å². The smallest absolute Gasteiger partial charge is 0.260 e. The van der Waals surface area contributed by atoms with E-state index in [1.807, 2.05) is 58.3 Å². The third kappa shape index (κ3) is 4.74. The van der Waals surface area contributed by atoms with Gasteiger partial charge >= 0.3 is 0 Å². The number of benzene rings is 2. The molecule has 1 aromatic heterocycles. The first-order valence-electron chi connectivity index (χ1n) is 9.90. The van der Waals surface area contributed by atoms with Gasteiger partial charge in [0.25, 0.3) is 5.91 Å². The number of fused-ring (bicyclic) bond motifs is 1. The van der Waals surface area contributed by atoms with Crippen molar-refractivity contribution in [2.24, 2.45) is 0 Å². The zero-order valence-corrected chi connectivity index (χ0v) is 19.3. The molecule has 0 spiro atoms. The first-order chi connectivity index (χ1) is 14.3. The lowest BCUT2D eigenvalue weighted by atomic mass is 10.1. The van der Waals surface area contributed by atoms with E-state index >= 15 is 0 Å². The highest BCUT2D eigenvalue weighted by atomic mass is 32.1. The van der Waals surface area contributed by atoms with E-state index in [9.17, 15) is 4.79 Å². The lowest BCUT2D eigenvalue weighted by Crippen LogP contribution is -2.33. The van der Waals surface area contributed by atoms with Crippen LogP contribution in [0, 0.1) is 13.8 Å². The summed E-state index contributed by atoms with van der Waals surface area (Å²) >= 11 is 1.49. The van der Waals surface area contributed by atoms with Gasteiger partial charge in [-0.3, -0.25) is 9.69 Å². The van der Waals surface area contributed by atoms with Gasteiger partial charge in [0.2, 0.25) is 0 Å². The lowest BCUT2D eigenvalue weighted by Gasteiger charge is -2.21. The number of methoxy groups -OCH3 is 2. The summed E-state index contributed by atoms with van der Waals surface area (Å²) in [6.45, 7) is 5.56. The van der Waals surface area contributed by atoms with E-state index in [4.69, 9.17) is 14.5 Å². The number of nitrogens with zero attached hydrogens (tertiary/aromatic N) is 3. The number of hydrogen-bond donors (Lipinski definition) is 0. The van der Waals surface area contributed by atoms with Crippen LogP contribution in [0.5, 0.6) is 11.5 Å². The van der Waals surface area contributed by atoms with Crippen LogP contribution in [0.2, 0.25) is 0 Å². The molecule has 3 aromatic rings. The first kappa shape index (κ1) is 22.1. The third-order valence-corrected chi connectivity index (χ3v) is 6.14. The van der Waals surface area contributed by atoms with Gasteiger partial charge in [0.05, 0.1) is 24.4 Å². The molecule has 0 atom stereocenters. The van der Waals surface area contributed by atoms with Crippen molar-refractivity contribution in [3.8, 4) is 11.5 Å². The van der Waals surface area contributed by atoms with E-state index in [-0.39, 0.29) is 5.91 Å². The molecular weight excluding hydrogens is 398 g/mol. The van der Waals surface area contributed by atoms with Gasteiger partial charge in [-0.15, -0.1) is 0 Å². The summed E-state index contributed by atoms with van der Waals surface area (Å²) in [6.07, 6.45) is 0.853. The van der Waals surface area contributed by atoms with Crippen LogP contribution >= 0.6 is 11.3 Å². The van der Waals surface area contributed by atoms with Crippen molar-refractivity contribution in [3.63, 3.8) is 0 Å². The fourth-order valence-corrected chi connectivity index (χ4v) is 4.22. The molecule has 0 fully saturated rings. The van der Waals surface area contributed by atoms with E-state index < -0.39 is 0 Å². The molecule has 30 heavy (non-hydrogen) atoms. The van der Waals surface area contributed by atoms with Gasteiger partial charge in [-0.1, -0.05) is 17.4 Å². The molecular formula is C23H29N3O3S. The van der Waals surface area contributed by atoms with E-state index in [0.717, 1.165) is 28.7 Å². The minimum Gasteiger partial charge on any atom is -0.493 e. The van der Waals surface area contributed by atoms with E-state index in [2.05, 4.69) is 4.90 Å². The Hall–Kier alpha value is -2.64. The van der Waals surface area contributed by atoms with Crippen LogP contribution in [0.4, 0.5) is 5.13 Å². The van der Waals surface area contributed by atoms with Gasteiger partial charge in [0.1, 0.15) is 0 Å². The summed E-state index contributed by atoms with van der Waals surface area (Å²) in [5.74, 6) is 1.25. The zero-order valence-electron chi connectivity index (χ0n) is 18.5. The van der Waals surface area contributed by atoms with Crippen LogP contribution in [-0.4, -0.2) is 57.2 Å². The molecule has 0 aliphatic rings. The van der Waals surface area contributed by atoms with Gasteiger partial charge in [-0.25, -0.2) is 4.98 Å². The molecule has 0 bridgehead atoms. The number of amides is 1. The van der Waals surface area contributed by atoms with Crippen molar-refractivity contribution in [1.82, 2.24) is 9.88 Å². The molecule has 0 aliphatic heterocycles. The molecule has 0 aliphatic carbocycles. The molecule has 0 saturated carbocycles. The van der Waals surface area contributed by atoms with Gasteiger partial charge in [-0.05, 0) is 64.2 Å². The number of carbonyl (C=O) groups excluding carboxylic acids is 1. The summed E-state index contributed by atoms with van der Waals surface area (Å²) < 4.78 is 11.8. The van der Waals surface area contributed by atoms with Crippen LogP contribution in [0.1, 0.15) is 27.9 Å². The highest BCUT2D eigenvalue weighted by Crippen LogP contribution is 2.37. The molecule has 0 radical (unpaired) electrons. The van der Waals surface area contributed by atoms with Crippen molar-refractivity contribution in [1.29, 1.82) is 0 Å². The number of rotatable bonds is 8. The van der Waals surface area contributed by atoms with Gasteiger partial charge in [0, 0.05) is 24.2 Å². The molecule has 0 unspecified atom stereocenters. The summed E-state index contributed by atoms with van der Waals surface area (Å²) in [5.41, 5.74) is 3.74.